The molecule has 0 radical (unpaired) electrons. The Morgan fingerprint density at radius 2 is 1.69 bits per heavy atom. The molecule has 3 fully saturated rings. The fraction of sp³-hybridized carbons (Fsp3) is 0.385. The van der Waals surface area contributed by atoms with Crippen LogP contribution in [0.5, 0.6) is 0 Å². The van der Waals surface area contributed by atoms with Crippen LogP contribution in [-0.2, 0) is 6.54 Å². The smallest absolute Gasteiger partial charge is 0.251 e. The Labute approximate surface area is 283 Å². The van der Waals surface area contributed by atoms with E-state index in [9.17, 15) is 4.79 Å². The Morgan fingerprint density at radius 1 is 0.875 bits per heavy atom. The van der Waals surface area contributed by atoms with Crippen molar-refractivity contribution in [2.45, 2.75) is 63.6 Å². The minimum atomic E-state index is -0.0690. The molecule has 2 aliphatic carbocycles. The highest BCUT2D eigenvalue weighted by Gasteiger charge is 2.24. The monoisotopic (exact) mass is 640 g/mol. The number of nitrogens with one attached hydrogen (secondary N) is 3. The molecule has 9 heteroatoms. The SMILES string of the molecule is CN1CCN(Cc2cccc(-c3cnc(Nc4ccc(C#Cc5cc(C(=O)NC6CC6)ccn5)cc4)nc3NC3CCCCC3)c2)CC1. The van der Waals surface area contributed by atoms with E-state index in [4.69, 9.17) is 9.97 Å². The Kier molecular flexibility index (Phi) is 9.92. The summed E-state index contributed by atoms with van der Waals surface area (Å²) in [5.41, 5.74) is 6.36. The van der Waals surface area contributed by atoms with E-state index >= 15 is 0 Å². The summed E-state index contributed by atoms with van der Waals surface area (Å²) >= 11 is 0. The lowest BCUT2D eigenvalue weighted by atomic mass is 9.95. The average Bonchev–Trinajstić information content (AvgIpc) is 3.94. The Morgan fingerprint density at radius 3 is 2.48 bits per heavy atom. The molecule has 3 heterocycles. The van der Waals surface area contributed by atoms with Crippen LogP contribution in [0, 0.1) is 11.8 Å². The largest absolute Gasteiger partial charge is 0.367 e. The number of amides is 1. The third kappa shape index (κ3) is 8.57. The van der Waals surface area contributed by atoms with Gasteiger partial charge in [0.1, 0.15) is 11.5 Å². The van der Waals surface area contributed by atoms with Crippen molar-refractivity contribution in [1.29, 1.82) is 0 Å². The predicted molar refractivity (Wildman–Crippen MR) is 191 cm³/mol. The van der Waals surface area contributed by atoms with Crippen molar-refractivity contribution in [2.24, 2.45) is 0 Å². The van der Waals surface area contributed by atoms with Crippen LogP contribution >= 0.6 is 0 Å². The normalized spacial score (nSPS) is 17.3. The summed E-state index contributed by atoms with van der Waals surface area (Å²) in [6.45, 7) is 5.37. The van der Waals surface area contributed by atoms with Crippen LogP contribution in [0.2, 0.25) is 0 Å². The Bertz CT molecular complexity index is 1780. The summed E-state index contributed by atoms with van der Waals surface area (Å²) in [4.78, 5) is 31.4. The van der Waals surface area contributed by atoms with Gasteiger partial charge in [-0.3, -0.25) is 9.69 Å². The van der Waals surface area contributed by atoms with E-state index < -0.39 is 0 Å². The lowest BCUT2D eigenvalue weighted by Crippen LogP contribution is -2.43. The molecule has 1 amide bonds. The van der Waals surface area contributed by atoms with Crippen LogP contribution < -0.4 is 16.0 Å². The number of carbonyl (C=O) groups excluding carboxylic acids is 1. The number of rotatable bonds is 9. The Balaban J connectivity index is 1.06. The number of pyridine rings is 1. The zero-order valence-corrected chi connectivity index (χ0v) is 27.7. The molecular formula is C39H44N8O. The van der Waals surface area contributed by atoms with Crippen molar-refractivity contribution in [3.8, 4) is 23.0 Å². The predicted octanol–water partition coefficient (Wildman–Crippen LogP) is 6.07. The van der Waals surface area contributed by atoms with Crippen LogP contribution in [0.4, 0.5) is 17.5 Å². The van der Waals surface area contributed by atoms with E-state index in [0.717, 1.165) is 86.6 Å². The van der Waals surface area contributed by atoms with Gasteiger partial charge in [0.15, 0.2) is 0 Å². The molecule has 1 aliphatic heterocycles. The molecule has 0 bridgehead atoms. The van der Waals surface area contributed by atoms with E-state index in [1.54, 1.807) is 18.3 Å². The van der Waals surface area contributed by atoms with Crippen molar-refractivity contribution in [3.05, 3.63) is 95.4 Å². The van der Waals surface area contributed by atoms with E-state index in [0.29, 0.717) is 29.3 Å². The molecule has 3 aliphatic rings. The van der Waals surface area contributed by atoms with Crippen LogP contribution in [0.1, 0.15) is 72.1 Å². The highest BCUT2D eigenvalue weighted by Crippen LogP contribution is 2.31. The maximum absolute atomic E-state index is 12.4. The molecule has 2 saturated carbocycles. The fourth-order valence-corrected chi connectivity index (χ4v) is 6.34. The first-order chi connectivity index (χ1) is 23.5. The maximum Gasteiger partial charge on any atom is 0.251 e. The topological polar surface area (TPSA) is 98.3 Å². The fourth-order valence-electron chi connectivity index (χ4n) is 6.34. The molecule has 0 atom stereocenters. The number of anilines is 3. The molecule has 0 spiro atoms. The van der Waals surface area contributed by atoms with Gasteiger partial charge in [-0.2, -0.15) is 4.98 Å². The first kappa shape index (κ1) is 31.8. The number of hydrogen-bond donors (Lipinski definition) is 3. The minimum Gasteiger partial charge on any atom is -0.367 e. The molecule has 7 rings (SSSR count). The number of aromatic nitrogens is 3. The summed E-state index contributed by atoms with van der Waals surface area (Å²) in [5.74, 6) is 7.61. The van der Waals surface area contributed by atoms with Gasteiger partial charge in [-0.1, -0.05) is 43.4 Å². The molecule has 4 aromatic rings. The van der Waals surface area contributed by atoms with Crippen molar-refractivity contribution in [1.82, 2.24) is 30.1 Å². The van der Waals surface area contributed by atoms with E-state index in [1.165, 1.54) is 24.8 Å². The van der Waals surface area contributed by atoms with Gasteiger partial charge < -0.3 is 20.9 Å². The van der Waals surface area contributed by atoms with Gasteiger partial charge in [0.2, 0.25) is 5.95 Å². The third-order valence-electron chi connectivity index (χ3n) is 9.39. The second-order valence-corrected chi connectivity index (χ2v) is 13.3. The molecule has 2 aromatic heterocycles. The van der Waals surface area contributed by atoms with Gasteiger partial charge in [-0.05, 0) is 92.2 Å². The van der Waals surface area contributed by atoms with Crippen LogP contribution in [0.3, 0.4) is 0 Å². The van der Waals surface area contributed by atoms with E-state index in [-0.39, 0.29) is 5.91 Å². The quantitative estimate of drug-likeness (QED) is 0.190. The first-order valence-electron chi connectivity index (χ1n) is 17.3. The molecule has 0 unspecified atom stereocenters. The molecule has 246 valence electrons. The lowest BCUT2D eigenvalue weighted by Gasteiger charge is -2.32. The van der Waals surface area contributed by atoms with E-state index in [2.05, 4.69) is 73.9 Å². The second kappa shape index (κ2) is 15.0. The van der Waals surface area contributed by atoms with Crippen LogP contribution in [0.15, 0.2) is 73.1 Å². The summed E-state index contributed by atoms with van der Waals surface area (Å²) in [6.07, 6.45) is 11.8. The molecule has 48 heavy (non-hydrogen) atoms. The molecule has 3 N–H and O–H groups in total. The summed E-state index contributed by atoms with van der Waals surface area (Å²) in [7, 11) is 2.20. The number of nitrogens with zero attached hydrogens (tertiary/aromatic N) is 5. The van der Waals surface area contributed by atoms with Gasteiger partial charge >= 0.3 is 0 Å². The van der Waals surface area contributed by atoms with Gasteiger partial charge in [-0.15, -0.1) is 0 Å². The van der Waals surface area contributed by atoms with Crippen molar-refractivity contribution < 1.29 is 4.79 Å². The maximum atomic E-state index is 12.4. The van der Waals surface area contributed by atoms with Crippen molar-refractivity contribution >= 4 is 23.4 Å². The van der Waals surface area contributed by atoms with Gasteiger partial charge in [-0.25, -0.2) is 9.97 Å². The lowest BCUT2D eigenvalue weighted by molar-refractivity contribution is 0.0951. The average molecular weight is 641 g/mol. The number of carbonyl (C=O) groups is 1. The molecule has 2 aromatic carbocycles. The highest BCUT2D eigenvalue weighted by molar-refractivity contribution is 5.94. The van der Waals surface area contributed by atoms with Crippen molar-refractivity contribution in [3.63, 3.8) is 0 Å². The number of likely N-dealkylation sites (N-methyl/N-ethyl adjacent to an activating group) is 1. The number of benzene rings is 2. The minimum absolute atomic E-state index is 0.0690. The van der Waals surface area contributed by atoms with Crippen LogP contribution in [-0.4, -0.2) is 76.0 Å². The summed E-state index contributed by atoms with van der Waals surface area (Å²) < 4.78 is 0. The van der Waals surface area contributed by atoms with Crippen LogP contribution in [0.25, 0.3) is 11.1 Å². The summed E-state index contributed by atoms with van der Waals surface area (Å²) in [6, 6.07) is 20.9. The number of hydrogen-bond acceptors (Lipinski definition) is 8. The molecular weight excluding hydrogens is 596 g/mol. The third-order valence-corrected chi connectivity index (χ3v) is 9.39. The van der Waals surface area contributed by atoms with E-state index in [1.807, 2.05) is 30.5 Å². The van der Waals surface area contributed by atoms with Gasteiger partial charge in [0.25, 0.3) is 5.91 Å². The van der Waals surface area contributed by atoms with Gasteiger partial charge in [0, 0.05) is 79.6 Å². The molecule has 9 nitrogen and oxygen atoms in total. The Hall–Kier alpha value is -4.78. The van der Waals surface area contributed by atoms with Crippen molar-refractivity contribution in [2.75, 3.05) is 43.9 Å². The standard InChI is InChI=1S/C39H44N8O/c1-46-20-22-47(23-21-46)27-29-6-5-7-30(24-29)36-26-41-39(45-37(36)42-32-8-3-2-4-9-32)44-34-13-10-28(11-14-34)12-15-35-25-31(18-19-40-35)38(48)43-33-16-17-33/h5-7,10-11,13-14,18-19,24-26,32-33H,2-4,8-9,16-17,20-23,27H2,1H3,(H,43,48)(H2,41,42,44,45). The molecule has 1 saturated heterocycles. The second-order valence-electron chi connectivity index (χ2n) is 13.3. The first-order valence-corrected chi connectivity index (χ1v) is 17.3. The number of piperazine rings is 1. The zero-order chi connectivity index (χ0) is 32.7. The zero-order valence-electron chi connectivity index (χ0n) is 27.7. The summed E-state index contributed by atoms with van der Waals surface area (Å²) in [5, 5.41) is 10.2. The van der Waals surface area contributed by atoms with Gasteiger partial charge in [0.05, 0.1) is 0 Å². The highest BCUT2D eigenvalue weighted by atomic mass is 16.1.